The van der Waals surface area contributed by atoms with Crippen LogP contribution in [0.5, 0.6) is 5.75 Å². The molecule has 0 aliphatic heterocycles. The van der Waals surface area contributed by atoms with Gasteiger partial charge in [-0.25, -0.2) is 14.8 Å². The van der Waals surface area contributed by atoms with Crippen LogP contribution in [0.2, 0.25) is 0 Å². The zero-order valence-corrected chi connectivity index (χ0v) is 13.6. The van der Waals surface area contributed by atoms with Crippen LogP contribution in [0.4, 0.5) is 0 Å². The van der Waals surface area contributed by atoms with Crippen LogP contribution >= 0.6 is 15.9 Å². The summed E-state index contributed by atoms with van der Waals surface area (Å²) in [6.45, 7) is 4.32. The van der Waals surface area contributed by atoms with Gasteiger partial charge >= 0.3 is 5.97 Å². The van der Waals surface area contributed by atoms with E-state index in [1.54, 1.807) is 12.1 Å². The molecule has 0 fully saturated rings. The van der Waals surface area contributed by atoms with E-state index in [0.29, 0.717) is 28.0 Å². The van der Waals surface area contributed by atoms with Gasteiger partial charge < -0.3 is 9.84 Å². The van der Waals surface area contributed by atoms with Gasteiger partial charge in [0, 0.05) is 0 Å². The molecule has 0 bridgehead atoms. The molecule has 0 spiro atoms. The summed E-state index contributed by atoms with van der Waals surface area (Å²) in [4.78, 5) is 20.4. The lowest BCUT2D eigenvalue weighted by atomic mass is 10.1. The molecule has 6 heteroatoms. The zero-order chi connectivity index (χ0) is 15.4. The number of aromatic nitrogens is 2. The Morgan fingerprint density at radius 3 is 2.71 bits per heavy atom. The molecule has 0 aliphatic rings. The van der Waals surface area contributed by atoms with Gasteiger partial charge in [-0.2, -0.15) is 0 Å². The molecule has 1 aromatic heterocycles. The molecule has 112 valence electrons. The predicted molar refractivity (Wildman–Crippen MR) is 84.0 cm³/mol. The molecule has 0 atom stereocenters. The van der Waals surface area contributed by atoms with Gasteiger partial charge in [-0.15, -0.1) is 0 Å². The maximum absolute atomic E-state index is 11.5. The van der Waals surface area contributed by atoms with Crippen molar-refractivity contribution in [2.24, 2.45) is 0 Å². The van der Waals surface area contributed by atoms with E-state index < -0.39 is 5.97 Å². The molecule has 5 nitrogen and oxygen atoms in total. The normalized spacial score (nSPS) is 10.8. The summed E-state index contributed by atoms with van der Waals surface area (Å²) in [6.07, 6.45) is 2.90. The molecule has 21 heavy (non-hydrogen) atoms. The van der Waals surface area contributed by atoms with Crippen molar-refractivity contribution in [1.82, 2.24) is 9.97 Å². The summed E-state index contributed by atoms with van der Waals surface area (Å²) in [6, 6.07) is 3.39. The fraction of sp³-hybridized carbons (Fsp3) is 0.400. The van der Waals surface area contributed by atoms with Crippen LogP contribution < -0.4 is 4.74 Å². The third kappa shape index (κ3) is 3.32. The minimum absolute atomic E-state index is 0.0598. The van der Waals surface area contributed by atoms with Gasteiger partial charge in [-0.1, -0.05) is 13.3 Å². The second-order valence-electron chi connectivity index (χ2n) is 4.61. The summed E-state index contributed by atoms with van der Waals surface area (Å²) in [7, 11) is 0. The van der Waals surface area contributed by atoms with Gasteiger partial charge in [0.15, 0.2) is 0 Å². The number of carbonyl (C=O) groups is 1. The largest absolute Gasteiger partial charge is 0.493 e. The predicted octanol–water partition coefficient (Wildman–Crippen LogP) is 3.83. The minimum Gasteiger partial charge on any atom is -0.493 e. The lowest BCUT2D eigenvalue weighted by Crippen LogP contribution is -2.06. The number of carboxylic acid groups (broad SMARTS) is 1. The van der Waals surface area contributed by atoms with Crippen molar-refractivity contribution in [3.63, 3.8) is 0 Å². The van der Waals surface area contributed by atoms with Crippen molar-refractivity contribution in [3.05, 3.63) is 28.0 Å². The number of carboxylic acids is 1. The van der Waals surface area contributed by atoms with E-state index in [4.69, 9.17) is 4.74 Å². The Bertz CT molecular complexity index is 674. The molecule has 2 aromatic rings. The van der Waals surface area contributed by atoms with Crippen molar-refractivity contribution in [2.45, 2.75) is 33.1 Å². The number of unbranched alkanes of at least 4 members (excludes halogenated alkanes) is 1. The van der Waals surface area contributed by atoms with Gasteiger partial charge in [-0.3, -0.25) is 0 Å². The lowest BCUT2D eigenvalue weighted by molar-refractivity contribution is 0.0694. The van der Waals surface area contributed by atoms with Gasteiger partial charge in [0.05, 0.1) is 17.8 Å². The molecule has 1 aromatic carbocycles. The van der Waals surface area contributed by atoms with E-state index in [0.717, 1.165) is 25.0 Å². The van der Waals surface area contributed by atoms with Crippen molar-refractivity contribution < 1.29 is 14.6 Å². The topological polar surface area (TPSA) is 72.3 Å². The second-order valence-corrected chi connectivity index (χ2v) is 5.36. The first kappa shape index (κ1) is 15.7. The molecule has 0 amide bonds. The Kier molecular flexibility index (Phi) is 5.12. The summed E-state index contributed by atoms with van der Waals surface area (Å²) in [5.74, 6) is -0.744. The number of benzene rings is 1. The van der Waals surface area contributed by atoms with Crippen LogP contribution in [0.25, 0.3) is 11.0 Å². The summed E-state index contributed by atoms with van der Waals surface area (Å²) < 4.78 is 5.97. The van der Waals surface area contributed by atoms with Crippen LogP contribution in [0.1, 0.15) is 42.7 Å². The fourth-order valence-electron chi connectivity index (χ4n) is 2.11. The highest BCUT2D eigenvalue weighted by molar-refractivity contribution is 9.10. The number of halogens is 1. The van der Waals surface area contributed by atoms with Crippen LogP contribution in [0.15, 0.2) is 16.7 Å². The third-order valence-electron chi connectivity index (χ3n) is 3.10. The number of ether oxygens (including phenoxy) is 1. The van der Waals surface area contributed by atoms with Gasteiger partial charge in [0.1, 0.15) is 21.4 Å². The third-order valence-corrected chi connectivity index (χ3v) is 3.74. The van der Waals surface area contributed by atoms with Crippen LogP contribution in [-0.2, 0) is 6.42 Å². The Morgan fingerprint density at radius 2 is 2.10 bits per heavy atom. The average Bonchev–Trinajstić information content (AvgIpc) is 2.45. The van der Waals surface area contributed by atoms with Crippen LogP contribution in [-0.4, -0.2) is 27.7 Å². The first-order valence-electron chi connectivity index (χ1n) is 6.93. The number of aryl methyl sites for hydroxylation is 1. The SMILES string of the molecule is CCCCc1nc2ccc(OCC)c(C(=O)O)c2nc1Br. The standard InChI is InChI=1S/C15H17BrN2O3/c1-3-5-6-10-14(16)18-13-9(17-10)7-8-11(21-4-2)12(13)15(19)20/h7-8H,3-6H2,1-2H3,(H,19,20). The first-order chi connectivity index (χ1) is 10.1. The molecule has 0 saturated carbocycles. The first-order valence-corrected chi connectivity index (χ1v) is 7.73. The smallest absolute Gasteiger partial charge is 0.341 e. The van der Waals surface area contributed by atoms with E-state index in [-0.39, 0.29) is 5.56 Å². The van der Waals surface area contributed by atoms with E-state index in [2.05, 4.69) is 32.8 Å². The molecule has 0 radical (unpaired) electrons. The monoisotopic (exact) mass is 352 g/mol. The number of rotatable bonds is 6. The van der Waals surface area contributed by atoms with Crippen molar-refractivity contribution in [3.8, 4) is 5.75 Å². The van der Waals surface area contributed by atoms with E-state index in [1.165, 1.54) is 0 Å². The fourth-order valence-corrected chi connectivity index (χ4v) is 2.57. The highest BCUT2D eigenvalue weighted by Gasteiger charge is 2.19. The molecular weight excluding hydrogens is 336 g/mol. The van der Waals surface area contributed by atoms with Crippen LogP contribution in [0.3, 0.4) is 0 Å². The van der Waals surface area contributed by atoms with Gasteiger partial charge in [0.2, 0.25) is 0 Å². The summed E-state index contributed by atoms with van der Waals surface area (Å²) in [5.41, 5.74) is 1.83. The van der Waals surface area contributed by atoms with E-state index in [9.17, 15) is 9.90 Å². The molecular formula is C15H17BrN2O3. The van der Waals surface area contributed by atoms with Crippen molar-refractivity contribution in [2.75, 3.05) is 6.61 Å². The lowest BCUT2D eigenvalue weighted by Gasteiger charge is -2.11. The molecule has 2 rings (SSSR count). The van der Waals surface area contributed by atoms with Crippen LogP contribution in [0, 0.1) is 0 Å². The van der Waals surface area contributed by atoms with Crippen molar-refractivity contribution in [1.29, 1.82) is 0 Å². The number of fused-ring (bicyclic) bond motifs is 1. The highest BCUT2D eigenvalue weighted by Crippen LogP contribution is 2.28. The minimum atomic E-state index is -1.06. The molecule has 0 aliphatic carbocycles. The molecule has 0 saturated heterocycles. The number of hydrogen-bond donors (Lipinski definition) is 1. The zero-order valence-electron chi connectivity index (χ0n) is 12.0. The molecule has 0 unspecified atom stereocenters. The number of hydrogen-bond acceptors (Lipinski definition) is 4. The van der Waals surface area contributed by atoms with E-state index in [1.807, 2.05) is 6.92 Å². The summed E-state index contributed by atoms with van der Waals surface area (Å²) in [5, 5.41) is 9.43. The Labute approximate surface area is 131 Å². The summed E-state index contributed by atoms with van der Waals surface area (Å²) >= 11 is 3.39. The van der Waals surface area contributed by atoms with Gasteiger partial charge in [-0.05, 0) is 47.8 Å². The van der Waals surface area contributed by atoms with Gasteiger partial charge in [0.25, 0.3) is 0 Å². The Hall–Kier alpha value is -1.69. The maximum Gasteiger partial charge on any atom is 0.341 e. The Morgan fingerprint density at radius 1 is 1.33 bits per heavy atom. The maximum atomic E-state index is 11.5. The van der Waals surface area contributed by atoms with Crippen molar-refractivity contribution >= 4 is 32.9 Å². The average molecular weight is 353 g/mol. The molecule has 1 heterocycles. The van der Waals surface area contributed by atoms with E-state index >= 15 is 0 Å². The highest BCUT2D eigenvalue weighted by atomic mass is 79.9. The molecule has 1 N–H and O–H groups in total. The number of aromatic carboxylic acids is 1. The Balaban J connectivity index is 2.61. The number of nitrogens with zero attached hydrogens (tertiary/aromatic N) is 2. The quantitative estimate of drug-likeness (QED) is 0.854. The second kappa shape index (κ2) is 6.85.